The lowest BCUT2D eigenvalue weighted by Crippen LogP contribution is -2.27. The van der Waals surface area contributed by atoms with E-state index in [1.807, 2.05) is 0 Å². The van der Waals surface area contributed by atoms with Crippen LogP contribution < -0.4 is 4.72 Å². The summed E-state index contributed by atoms with van der Waals surface area (Å²) in [5.74, 6) is -0.662. The zero-order chi connectivity index (χ0) is 19.4. The molecule has 0 unspecified atom stereocenters. The van der Waals surface area contributed by atoms with Crippen molar-refractivity contribution in [2.24, 2.45) is 0 Å². The molecule has 0 aliphatic carbocycles. The number of rotatable bonds is 5. The topological polar surface area (TPSA) is 92.8 Å². The van der Waals surface area contributed by atoms with Crippen LogP contribution in [0.1, 0.15) is 33.6 Å². The Labute approximate surface area is 158 Å². The summed E-state index contributed by atoms with van der Waals surface area (Å²) in [5, 5.41) is 0. The highest BCUT2D eigenvalue weighted by molar-refractivity contribution is 7.92. The van der Waals surface area contributed by atoms with Gasteiger partial charge in [-0.2, -0.15) is 0 Å². The van der Waals surface area contributed by atoms with Crippen LogP contribution >= 0.6 is 0 Å². The summed E-state index contributed by atoms with van der Waals surface area (Å²) in [7, 11) is -2.60. The second kappa shape index (κ2) is 7.79. The first kappa shape index (κ1) is 18.9. The predicted octanol–water partition coefficient (Wildman–Crippen LogP) is 2.51. The number of esters is 1. The minimum Gasteiger partial charge on any atom is -0.465 e. The minimum absolute atomic E-state index is 0.00425. The van der Waals surface area contributed by atoms with Crippen molar-refractivity contribution in [2.45, 2.75) is 17.7 Å². The Bertz CT molecular complexity index is 948. The number of hydrogen-bond acceptors (Lipinski definition) is 5. The Morgan fingerprint density at radius 1 is 1.00 bits per heavy atom. The predicted molar refractivity (Wildman–Crippen MR) is 100 cm³/mol. The van der Waals surface area contributed by atoms with Crippen molar-refractivity contribution in [1.29, 1.82) is 0 Å². The number of sulfonamides is 1. The molecule has 0 radical (unpaired) electrons. The van der Waals surface area contributed by atoms with Gasteiger partial charge in [0.05, 0.1) is 17.6 Å². The Hall–Kier alpha value is -2.87. The van der Waals surface area contributed by atoms with Crippen molar-refractivity contribution in [1.82, 2.24) is 4.90 Å². The number of hydrogen-bond donors (Lipinski definition) is 1. The molecule has 1 aliphatic heterocycles. The summed E-state index contributed by atoms with van der Waals surface area (Å²) in [6.45, 7) is 1.39. The largest absolute Gasteiger partial charge is 0.465 e. The van der Waals surface area contributed by atoms with Crippen molar-refractivity contribution < 1.29 is 22.7 Å². The molecule has 2 aromatic carbocycles. The number of anilines is 1. The van der Waals surface area contributed by atoms with Gasteiger partial charge in [-0.15, -0.1) is 0 Å². The number of likely N-dealkylation sites (tertiary alicyclic amines) is 1. The van der Waals surface area contributed by atoms with Crippen LogP contribution in [0.5, 0.6) is 0 Å². The number of amides is 1. The summed E-state index contributed by atoms with van der Waals surface area (Å²) in [5.41, 5.74) is 0.971. The molecular formula is C19H20N2O5S. The Morgan fingerprint density at radius 3 is 2.30 bits per heavy atom. The smallest absolute Gasteiger partial charge is 0.337 e. The fourth-order valence-electron chi connectivity index (χ4n) is 2.91. The van der Waals surface area contributed by atoms with Gasteiger partial charge < -0.3 is 9.64 Å². The van der Waals surface area contributed by atoms with E-state index >= 15 is 0 Å². The van der Waals surface area contributed by atoms with Gasteiger partial charge in [-0.1, -0.05) is 6.07 Å². The molecule has 0 saturated carbocycles. The zero-order valence-corrected chi connectivity index (χ0v) is 15.7. The van der Waals surface area contributed by atoms with Crippen LogP contribution in [0.15, 0.2) is 53.4 Å². The molecule has 7 nitrogen and oxygen atoms in total. The molecule has 1 saturated heterocycles. The normalized spacial score (nSPS) is 14.0. The molecule has 0 spiro atoms. The highest BCUT2D eigenvalue weighted by atomic mass is 32.2. The Morgan fingerprint density at radius 2 is 1.67 bits per heavy atom. The van der Waals surface area contributed by atoms with Gasteiger partial charge in [0.2, 0.25) is 0 Å². The molecule has 1 amide bonds. The molecule has 3 rings (SSSR count). The van der Waals surface area contributed by atoms with E-state index in [1.165, 1.54) is 43.5 Å². The van der Waals surface area contributed by atoms with Crippen molar-refractivity contribution >= 4 is 27.6 Å². The molecule has 0 bridgehead atoms. The summed E-state index contributed by atoms with van der Waals surface area (Å²) < 4.78 is 32.4. The molecule has 142 valence electrons. The third-order valence-electron chi connectivity index (χ3n) is 4.34. The van der Waals surface area contributed by atoms with Crippen LogP contribution in [-0.2, 0) is 14.8 Å². The van der Waals surface area contributed by atoms with Crippen LogP contribution in [0.3, 0.4) is 0 Å². The zero-order valence-electron chi connectivity index (χ0n) is 14.8. The van der Waals surface area contributed by atoms with E-state index < -0.39 is 16.0 Å². The van der Waals surface area contributed by atoms with E-state index in [1.54, 1.807) is 17.0 Å². The number of nitrogens with one attached hydrogen (secondary N) is 1. The van der Waals surface area contributed by atoms with E-state index in [0.717, 1.165) is 12.8 Å². The quantitative estimate of drug-likeness (QED) is 0.795. The van der Waals surface area contributed by atoms with Gasteiger partial charge in [0.1, 0.15) is 0 Å². The molecule has 0 aromatic heterocycles. The third kappa shape index (κ3) is 4.28. The molecular weight excluding hydrogens is 368 g/mol. The molecule has 1 fully saturated rings. The molecule has 0 atom stereocenters. The van der Waals surface area contributed by atoms with Crippen LogP contribution in [0.2, 0.25) is 0 Å². The van der Waals surface area contributed by atoms with E-state index in [-0.39, 0.29) is 10.8 Å². The van der Waals surface area contributed by atoms with E-state index in [9.17, 15) is 18.0 Å². The van der Waals surface area contributed by atoms with E-state index in [4.69, 9.17) is 0 Å². The highest BCUT2D eigenvalue weighted by Crippen LogP contribution is 2.20. The molecule has 1 heterocycles. The van der Waals surface area contributed by atoms with Crippen molar-refractivity contribution in [3.63, 3.8) is 0 Å². The maximum atomic E-state index is 12.6. The Balaban J connectivity index is 1.79. The van der Waals surface area contributed by atoms with Gasteiger partial charge in [-0.05, 0) is 55.3 Å². The lowest BCUT2D eigenvalue weighted by atomic mass is 10.2. The molecule has 8 heteroatoms. The second-order valence-electron chi connectivity index (χ2n) is 6.20. The fraction of sp³-hybridized carbons (Fsp3) is 0.263. The number of nitrogens with zero attached hydrogens (tertiary/aromatic N) is 1. The summed E-state index contributed by atoms with van der Waals surface area (Å²) in [6.07, 6.45) is 1.93. The highest BCUT2D eigenvalue weighted by Gasteiger charge is 2.22. The number of carbonyl (C=O) groups excluding carboxylic acids is 2. The number of methoxy groups -OCH3 is 1. The van der Waals surface area contributed by atoms with E-state index in [0.29, 0.717) is 29.9 Å². The molecule has 27 heavy (non-hydrogen) atoms. The van der Waals surface area contributed by atoms with Gasteiger partial charge >= 0.3 is 5.97 Å². The van der Waals surface area contributed by atoms with Crippen molar-refractivity contribution in [3.05, 3.63) is 59.7 Å². The first-order chi connectivity index (χ1) is 12.9. The van der Waals surface area contributed by atoms with Crippen LogP contribution in [0.25, 0.3) is 0 Å². The number of ether oxygens (including phenoxy) is 1. The van der Waals surface area contributed by atoms with Crippen molar-refractivity contribution in [2.75, 3.05) is 24.9 Å². The third-order valence-corrected chi connectivity index (χ3v) is 5.72. The monoisotopic (exact) mass is 388 g/mol. The SMILES string of the molecule is COC(=O)c1ccc(NS(=O)(=O)c2cccc(C(=O)N3CCCC3)c2)cc1. The van der Waals surface area contributed by atoms with Gasteiger partial charge in [0.25, 0.3) is 15.9 Å². The van der Waals surface area contributed by atoms with Crippen molar-refractivity contribution in [3.8, 4) is 0 Å². The number of carbonyl (C=O) groups is 2. The van der Waals surface area contributed by atoms with Crippen LogP contribution in [0.4, 0.5) is 5.69 Å². The minimum atomic E-state index is -3.87. The lowest BCUT2D eigenvalue weighted by molar-refractivity contribution is 0.0600. The summed E-state index contributed by atoms with van der Waals surface area (Å²) in [6, 6.07) is 11.9. The Kier molecular flexibility index (Phi) is 5.46. The van der Waals surface area contributed by atoms with Gasteiger partial charge in [0, 0.05) is 24.3 Å². The number of benzene rings is 2. The maximum absolute atomic E-state index is 12.6. The first-order valence-corrected chi connectivity index (χ1v) is 9.99. The van der Waals surface area contributed by atoms with E-state index in [2.05, 4.69) is 9.46 Å². The molecule has 1 N–H and O–H groups in total. The standard InChI is InChI=1S/C19H20N2O5S/c1-26-19(23)14-7-9-16(10-8-14)20-27(24,25)17-6-4-5-15(13-17)18(22)21-11-2-3-12-21/h4-10,13,20H,2-3,11-12H2,1H3. The summed E-state index contributed by atoms with van der Waals surface area (Å²) in [4.78, 5) is 25.7. The van der Waals surface area contributed by atoms with Crippen LogP contribution in [-0.4, -0.2) is 45.4 Å². The maximum Gasteiger partial charge on any atom is 0.337 e. The first-order valence-electron chi connectivity index (χ1n) is 8.51. The van der Waals surface area contributed by atoms with Gasteiger partial charge in [-0.3, -0.25) is 9.52 Å². The summed E-state index contributed by atoms with van der Waals surface area (Å²) >= 11 is 0. The van der Waals surface area contributed by atoms with Crippen LogP contribution in [0, 0.1) is 0 Å². The van der Waals surface area contributed by atoms with Gasteiger partial charge in [-0.25, -0.2) is 13.2 Å². The lowest BCUT2D eigenvalue weighted by Gasteiger charge is -2.16. The second-order valence-corrected chi connectivity index (χ2v) is 7.88. The molecule has 2 aromatic rings. The fourth-order valence-corrected chi connectivity index (χ4v) is 4.01. The average molecular weight is 388 g/mol. The van der Waals surface area contributed by atoms with Gasteiger partial charge in [0.15, 0.2) is 0 Å². The average Bonchev–Trinajstić information content (AvgIpc) is 3.22. The molecule has 1 aliphatic rings.